The van der Waals surface area contributed by atoms with Gasteiger partial charge < -0.3 is 20.4 Å². The summed E-state index contributed by atoms with van der Waals surface area (Å²) in [6.45, 7) is 6.11. The monoisotopic (exact) mass is 390 g/mol. The van der Waals surface area contributed by atoms with Gasteiger partial charge in [-0.2, -0.15) is 0 Å². The normalized spacial score (nSPS) is 14.8. The van der Waals surface area contributed by atoms with Crippen LogP contribution in [0.3, 0.4) is 0 Å². The molecule has 1 saturated carbocycles. The lowest BCUT2D eigenvalue weighted by molar-refractivity contribution is -0.148. The predicted molar refractivity (Wildman–Crippen MR) is 99.6 cm³/mol. The van der Waals surface area contributed by atoms with Crippen LogP contribution >= 0.6 is 0 Å². The first-order chi connectivity index (χ1) is 12.5. The average molecular weight is 390 g/mol. The molecule has 0 aliphatic heterocycles. The number of carboxylic acids is 4. The van der Waals surface area contributed by atoms with Crippen LogP contribution in [0.25, 0.3) is 0 Å². The zero-order valence-electron chi connectivity index (χ0n) is 16.5. The SMILES string of the molecule is CC(C)CC(CC(=O)O)C(=O)O.CC1CCCCC1.O=C(O)CCC(=O)O. The second kappa shape index (κ2) is 16.1. The Balaban J connectivity index is 0. The first-order valence-electron chi connectivity index (χ1n) is 9.33. The molecule has 1 unspecified atom stereocenters. The van der Waals surface area contributed by atoms with Gasteiger partial charge in [0.1, 0.15) is 0 Å². The van der Waals surface area contributed by atoms with Crippen molar-refractivity contribution in [2.24, 2.45) is 17.8 Å². The van der Waals surface area contributed by atoms with Crippen LogP contribution < -0.4 is 0 Å². The molecule has 1 atom stereocenters. The van der Waals surface area contributed by atoms with E-state index in [1.165, 1.54) is 32.1 Å². The third-order valence-electron chi connectivity index (χ3n) is 3.97. The largest absolute Gasteiger partial charge is 0.481 e. The minimum Gasteiger partial charge on any atom is -0.481 e. The molecule has 1 aliphatic carbocycles. The Morgan fingerprint density at radius 2 is 1.26 bits per heavy atom. The van der Waals surface area contributed by atoms with Crippen LogP contribution in [0.5, 0.6) is 0 Å². The van der Waals surface area contributed by atoms with Crippen molar-refractivity contribution in [1.82, 2.24) is 0 Å². The first kappa shape index (κ1) is 27.1. The highest BCUT2D eigenvalue weighted by molar-refractivity contribution is 5.77. The molecule has 8 nitrogen and oxygen atoms in total. The maximum absolute atomic E-state index is 10.5. The fraction of sp³-hybridized carbons (Fsp3) is 0.789. The van der Waals surface area contributed by atoms with E-state index in [0.29, 0.717) is 6.42 Å². The van der Waals surface area contributed by atoms with E-state index in [9.17, 15) is 19.2 Å². The van der Waals surface area contributed by atoms with Gasteiger partial charge in [-0.05, 0) is 18.3 Å². The maximum Gasteiger partial charge on any atom is 0.307 e. The van der Waals surface area contributed by atoms with Crippen molar-refractivity contribution in [2.75, 3.05) is 0 Å². The van der Waals surface area contributed by atoms with Crippen LogP contribution in [0.4, 0.5) is 0 Å². The van der Waals surface area contributed by atoms with Crippen molar-refractivity contribution in [3.8, 4) is 0 Å². The number of aliphatic carboxylic acids is 4. The topological polar surface area (TPSA) is 149 Å². The Bertz CT molecular complexity index is 439. The number of hydrogen-bond acceptors (Lipinski definition) is 4. The summed E-state index contributed by atoms with van der Waals surface area (Å²) >= 11 is 0. The van der Waals surface area contributed by atoms with Crippen LogP contribution in [0.15, 0.2) is 0 Å². The van der Waals surface area contributed by atoms with Gasteiger partial charge in [0.2, 0.25) is 0 Å². The zero-order valence-corrected chi connectivity index (χ0v) is 16.5. The number of hydrogen-bond donors (Lipinski definition) is 4. The minimum atomic E-state index is -1.08. The van der Waals surface area contributed by atoms with Crippen molar-refractivity contribution in [1.29, 1.82) is 0 Å². The molecular weight excluding hydrogens is 356 g/mol. The molecule has 0 amide bonds. The lowest BCUT2D eigenvalue weighted by Crippen LogP contribution is -2.19. The quantitative estimate of drug-likeness (QED) is 0.489. The molecule has 0 heterocycles. The van der Waals surface area contributed by atoms with E-state index >= 15 is 0 Å². The molecule has 8 heteroatoms. The molecule has 1 aliphatic rings. The van der Waals surface area contributed by atoms with E-state index in [1.54, 1.807) is 0 Å². The Hall–Kier alpha value is -2.12. The summed E-state index contributed by atoms with van der Waals surface area (Å²) in [7, 11) is 0. The molecule has 0 aromatic rings. The van der Waals surface area contributed by atoms with Gasteiger partial charge in [-0.25, -0.2) is 0 Å². The molecule has 4 N–H and O–H groups in total. The van der Waals surface area contributed by atoms with E-state index in [2.05, 4.69) is 6.92 Å². The van der Waals surface area contributed by atoms with E-state index in [-0.39, 0.29) is 25.2 Å². The summed E-state index contributed by atoms with van der Waals surface area (Å²) < 4.78 is 0. The highest BCUT2D eigenvalue weighted by Crippen LogP contribution is 2.22. The molecule has 0 spiro atoms. The van der Waals surface area contributed by atoms with Gasteiger partial charge in [-0.1, -0.05) is 52.9 Å². The maximum atomic E-state index is 10.5. The second-order valence-electron chi connectivity index (χ2n) is 7.29. The molecule has 1 fully saturated rings. The van der Waals surface area contributed by atoms with E-state index in [4.69, 9.17) is 20.4 Å². The summed E-state index contributed by atoms with van der Waals surface area (Å²) in [4.78, 5) is 40.0. The minimum absolute atomic E-state index is 0.213. The van der Waals surface area contributed by atoms with Crippen LogP contribution in [-0.4, -0.2) is 44.3 Å². The van der Waals surface area contributed by atoms with Gasteiger partial charge in [0, 0.05) is 0 Å². The van der Waals surface area contributed by atoms with Crippen LogP contribution in [0.1, 0.15) is 78.6 Å². The average Bonchev–Trinajstić information content (AvgIpc) is 2.53. The molecule has 0 bridgehead atoms. The van der Waals surface area contributed by atoms with Crippen molar-refractivity contribution in [3.05, 3.63) is 0 Å². The Labute approximate surface area is 160 Å². The molecule has 1 rings (SSSR count). The van der Waals surface area contributed by atoms with Crippen LogP contribution in [-0.2, 0) is 19.2 Å². The lowest BCUT2D eigenvalue weighted by Gasteiger charge is -2.15. The fourth-order valence-electron chi connectivity index (χ4n) is 2.57. The molecule has 27 heavy (non-hydrogen) atoms. The first-order valence-corrected chi connectivity index (χ1v) is 9.33. The lowest BCUT2D eigenvalue weighted by atomic mass is 9.91. The summed E-state index contributed by atoms with van der Waals surface area (Å²) in [5.74, 6) is -3.73. The zero-order chi connectivity index (χ0) is 21.4. The van der Waals surface area contributed by atoms with Gasteiger partial charge in [0.25, 0.3) is 0 Å². The summed E-state index contributed by atoms with van der Waals surface area (Å²) in [6, 6.07) is 0. The molecule has 0 radical (unpaired) electrons. The highest BCUT2D eigenvalue weighted by Gasteiger charge is 2.21. The van der Waals surface area contributed by atoms with E-state index < -0.39 is 29.8 Å². The second-order valence-corrected chi connectivity index (χ2v) is 7.29. The van der Waals surface area contributed by atoms with E-state index in [0.717, 1.165) is 5.92 Å². The van der Waals surface area contributed by atoms with Crippen molar-refractivity contribution < 1.29 is 39.6 Å². The van der Waals surface area contributed by atoms with Crippen LogP contribution in [0.2, 0.25) is 0 Å². The summed E-state index contributed by atoms with van der Waals surface area (Å²) in [6.07, 6.45) is 6.98. The number of rotatable bonds is 8. The van der Waals surface area contributed by atoms with Gasteiger partial charge in [0.05, 0.1) is 25.2 Å². The third-order valence-corrected chi connectivity index (χ3v) is 3.97. The Morgan fingerprint density at radius 1 is 0.815 bits per heavy atom. The van der Waals surface area contributed by atoms with Crippen molar-refractivity contribution in [3.63, 3.8) is 0 Å². The standard InChI is InChI=1S/C8H14O4.C7H14.C4H6O4/c1-5(2)3-6(8(11)12)4-7(9)10;1-7-5-3-2-4-6-7;5-3(6)1-2-4(7)8/h5-6H,3-4H2,1-2H3,(H,9,10)(H,11,12);7H,2-6H2,1H3;1-2H2,(H,5,6)(H,7,8). The molecule has 0 aromatic heterocycles. The number of carbonyl (C=O) groups is 4. The van der Waals surface area contributed by atoms with Gasteiger partial charge in [0.15, 0.2) is 0 Å². The van der Waals surface area contributed by atoms with E-state index in [1.807, 2.05) is 13.8 Å². The Kier molecular flexibility index (Phi) is 16.1. The molecule has 158 valence electrons. The predicted octanol–water partition coefficient (Wildman–Crippen LogP) is 3.73. The van der Waals surface area contributed by atoms with Crippen molar-refractivity contribution >= 4 is 23.9 Å². The van der Waals surface area contributed by atoms with Crippen molar-refractivity contribution in [2.45, 2.75) is 78.6 Å². The molecule has 0 aromatic carbocycles. The van der Waals surface area contributed by atoms with Gasteiger partial charge >= 0.3 is 23.9 Å². The fourth-order valence-corrected chi connectivity index (χ4v) is 2.57. The summed E-state index contributed by atoms with van der Waals surface area (Å²) in [5, 5.41) is 32.8. The third kappa shape index (κ3) is 21.8. The summed E-state index contributed by atoms with van der Waals surface area (Å²) in [5.41, 5.74) is 0. The smallest absolute Gasteiger partial charge is 0.307 e. The highest BCUT2D eigenvalue weighted by atomic mass is 16.4. The van der Waals surface area contributed by atoms with Gasteiger partial charge in [-0.15, -0.1) is 0 Å². The number of carboxylic acid groups (broad SMARTS) is 4. The molecular formula is C19H34O8. The Morgan fingerprint density at radius 3 is 1.48 bits per heavy atom. The van der Waals surface area contributed by atoms with Gasteiger partial charge in [-0.3, -0.25) is 19.2 Å². The van der Waals surface area contributed by atoms with Crippen LogP contribution in [0, 0.1) is 17.8 Å². The molecule has 0 saturated heterocycles.